The number of fused-ring (bicyclic) bond motifs is 1. The van der Waals surface area contributed by atoms with Crippen molar-refractivity contribution in [3.63, 3.8) is 0 Å². The molecule has 0 spiro atoms. The number of rotatable bonds is 4. The van der Waals surface area contributed by atoms with Crippen LogP contribution in [0.15, 0.2) is 67.0 Å². The minimum Gasteiger partial charge on any atom is -0.481 e. The van der Waals surface area contributed by atoms with Gasteiger partial charge in [-0.25, -0.2) is 4.98 Å². The van der Waals surface area contributed by atoms with E-state index in [4.69, 9.17) is 28.3 Å². The first-order valence-corrected chi connectivity index (χ1v) is 9.00. The Morgan fingerprint density at radius 2 is 1.78 bits per heavy atom. The van der Waals surface area contributed by atoms with Crippen molar-refractivity contribution in [3.05, 3.63) is 82.6 Å². The molecule has 0 radical (unpaired) electrons. The van der Waals surface area contributed by atoms with Gasteiger partial charge in [0.05, 0.1) is 17.5 Å². The number of aliphatic carboxylic acids is 1. The van der Waals surface area contributed by atoms with Crippen LogP contribution >= 0.6 is 23.2 Å². The molecule has 1 aromatic heterocycles. The van der Waals surface area contributed by atoms with Crippen LogP contribution in [0.5, 0.6) is 0 Å². The van der Waals surface area contributed by atoms with Crippen LogP contribution in [0.25, 0.3) is 27.8 Å². The summed E-state index contributed by atoms with van der Waals surface area (Å²) in [6, 6.07) is 18.8. The normalized spacial score (nSPS) is 11.0. The van der Waals surface area contributed by atoms with Crippen molar-refractivity contribution >= 4 is 40.2 Å². The zero-order valence-corrected chi connectivity index (χ0v) is 15.6. The first-order valence-electron chi connectivity index (χ1n) is 8.25. The second kappa shape index (κ2) is 7.06. The predicted molar refractivity (Wildman–Crippen MR) is 108 cm³/mol. The maximum absolute atomic E-state index is 10.8. The Morgan fingerprint density at radius 3 is 2.48 bits per heavy atom. The number of benzene rings is 3. The number of carboxylic acids is 1. The summed E-state index contributed by atoms with van der Waals surface area (Å²) in [5.74, 6) is -0.843. The monoisotopic (exact) mass is 396 g/mol. The van der Waals surface area contributed by atoms with Gasteiger partial charge in [0, 0.05) is 21.3 Å². The predicted octanol–water partition coefficient (Wildman–Crippen LogP) is 5.63. The van der Waals surface area contributed by atoms with E-state index in [-0.39, 0.29) is 6.42 Å². The number of aromatic nitrogens is 2. The molecule has 4 aromatic rings. The van der Waals surface area contributed by atoms with E-state index in [9.17, 15) is 4.79 Å². The second-order valence-electron chi connectivity index (χ2n) is 6.18. The molecular formula is C21H14Cl2N2O2. The highest BCUT2D eigenvalue weighted by Crippen LogP contribution is 2.32. The first-order chi connectivity index (χ1) is 13.0. The van der Waals surface area contributed by atoms with Crippen molar-refractivity contribution in [2.45, 2.75) is 6.42 Å². The molecule has 0 bridgehead atoms. The molecule has 0 unspecified atom stereocenters. The molecule has 27 heavy (non-hydrogen) atoms. The second-order valence-corrected chi connectivity index (χ2v) is 7.02. The highest BCUT2D eigenvalue weighted by Gasteiger charge is 2.10. The Bertz CT molecular complexity index is 1150. The van der Waals surface area contributed by atoms with Gasteiger partial charge in [-0.3, -0.25) is 9.36 Å². The molecule has 1 N–H and O–H groups in total. The van der Waals surface area contributed by atoms with Gasteiger partial charge in [-0.05, 0) is 47.5 Å². The smallest absolute Gasteiger partial charge is 0.307 e. The number of hydrogen-bond acceptors (Lipinski definition) is 2. The van der Waals surface area contributed by atoms with E-state index in [1.54, 1.807) is 12.4 Å². The fraction of sp³-hybridized carbons (Fsp3) is 0.0476. The van der Waals surface area contributed by atoms with Crippen molar-refractivity contribution in [2.75, 3.05) is 0 Å². The van der Waals surface area contributed by atoms with Crippen molar-refractivity contribution < 1.29 is 9.90 Å². The Labute approximate surface area is 165 Å². The van der Waals surface area contributed by atoms with E-state index in [1.165, 1.54) is 0 Å². The van der Waals surface area contributed by atoms with Crippen LogP contribution < -0.4 is 0 Å². The Kier molecular flexibility index (Phi) is 4.60. The highest BCUT2D eigenvalue weighted by molar-refractivity contribution is 6.36. The number of hydrogen-bond donors (Lipinski definition) is 1. The van der Waals surface area contributed by atoms with Gasteiger partial charge >= 0.3 is 5.97 Å². The highest BCUT2D eigenvalue weighted by atomic mass is 35.5. The zero-order chi connectivity index (χ0) is 19.0. The average molecular weight is 397 g/mol. The number of halogens is 2. The number of imidazole rings is 1. The summed E-state index contributed by atoms with van der Waals surface area (Å²) in [7, 11) is 0. The van der Waals surface area contributed by atoms with Crippen molar-refractivity contribution in [1.82, 2.24) is 9.55 Å². The van der Waals surface area contributed by atoms with Gasteiger partial charge in [-0.2, -0.15) is 0 Å². The van der Waals surface area contributed by atoms with E-state index in [2.05, 4.69) is 4.98 Å². The van der Waals surface area contributed by atoms with Crippen LogP contribution in [-0.2, 0) is 11.2 Å². The maximum Gasteiger partial charge on any atom is 0.307 e. The fourth-order valence-corrected chi connectivity index (χ4v) is 3.58. The van der Waals surface area contributed by atoms with Crippen molar-refractivity contribution in [1.29, 1.82) is 0 Å². The molecule has 0 amide bonds. The fourth-order valence-electron chi connectivity index (χ4n) is 3.06. The largest absolute Gasteiger partial charge is 0.481 e. The molecule has 1 heterocycles. The Balaban J connectivity index is 1.71. The molecule has 0 atom stereocenters. The summed E-state index contributed by atoms with van der Waals surface area (Å²) in [5, 5.41) is 10.1. The van der Waals surface area contributed by atoms with E-state index in [0.29, 0.717) is 10.0 Å². The molecule has 3 aromatic carbocycles. The summed E-state index contributed by atoms with van der Waals surface area (Å²) >= 11 is 12.3. The van der Waals surface area contributed by atoms with E-state index < -0.39 is 5.97 Å². The third-order valence-electron chi connectivity index (χ3n) is 4.36. The van der Waals surface area contributed by atoms with E-state index in [0.717, 1.165) is 33.4 Å². The van der Waals surface area contributed by atoms with Gasteiger partial charge in [0.2, 0.25) is 0 Å². The topological polar surface area (TPSA) is 55.1 Å². The lowest BCUT2D eigenvalue weighted by Crippen LogP contribution is -2.00. The van der Waals surface area contributed by atoms with Crippen LogP contribution in [0.4, 0.5) is 0 Å². The number of carboxylic acid groups (broad SMARTS) is 1. The quantitative estimate of drug-likeness (QED) is 0.486. The maximum atomic E-state index is 10.8. The van der Waals surface area contributed by atoms with Gasteiger partial charge in [-0.1, -0.05) is 47.5 Å². The molecule has 0 saturated carbocycles. The molecule has 0 fully saturated rings. The molecule has 4 rings (SSSR count). The van der Waals surface area contributed by atoms with E-state index in [1.807, 2.05) is 59.2 Å². The van der Waals surface area contributed by atoms with Crippen molar-refractivity contribution in [2.24, 2.45) is 0 Å². The molecule has 4 nitrogen and oxygen atoms in total. The molecular weight excluding hydrogens is 383 g/mol. The summed E-state index contributed by atoms with van der Waals surface area (Å²) in [4.78, 5) is 15.3. The molecule has 134 valence electrons. The first kappa shape index (κ1) is 17.6. The number of carbonyl (C=O) groups is 1. The van der Waals surface area contributed by atoms with Crippen molar-refractivity contribution in [3.8, 4) is 16.8 Å². The molecule has 0 aliphatic heterocycles. The van der Waals surface area contributed by atoms with E-state index >= 15 is 0 Å². The summed E-state index contributed by atoms with van der Waals surface area (Å²) in [6.07, 6.45) is 1.76. The third kappa shape index (κ3) is 3.54. The standard InChI is InChI=1S/C21H14Cl2N2O2/c22-15-4-7-17(18(23)11-15)14-3-8-20-19(10-14)24-12-25(20)16-5-1-13(2-6-16)9-21(26)27/h1-8,10-12H,9H2,(H,26,27). The SMILES string of the molecule is O=C(O)Cc1ccc(-n2cnc3cc(-c4ccc(Cl)cc4Cl)ccc32)cc1. The zero-order valence-electron chi connectivity index (χ0n) is 14.1. The average Bonchev–Trinajstić information content (AvgIpc) is 3.05. The van der Waals surface area contributed by atoms with Crippen LogP contribution in [-0.4, -0.2) is 20.6 Å². The summed E-state index contributed by atoms with van der Waals surface area (Å²) in [6.45, 7) is 0. The number of nitrogens with zero attached hydrogens (tertiary/aromatic N) is 2. The lowest BCUT2D eigenvalue weighted by Gasteiger charge is -2.08. The van der Waals surface area contributed by atoms with Gasteiger partial charge < -0.3 is 5.11 Å². The molecule has 0 saturated heterocycles. The third-order valence-corrected chi connectivity index (χ3v) is 4.91. The van der Waals surface area contributed by atoms with Gasteiger partial charge in [-0.15, -0.1) is 0 Å². The summed E-state index contributed by atoms with van der Waals surface area (Å²) in [5.41, 5.74) is 5.34. The Hall–Kier alpha value is -2.82. The molecule has 6 heteroatoms. The van der Waals surface area contributed by atoms with Gasteiger partial charge in [0.1, 0.15) is 6.33 Å². The van der Waals surface area contributed by atoms with Crippen LogP contribution in [0.3, 0.4) is 0 Å². The molecule has 0 aliphatic rings. The van der Waals surface area contributed by atoms with Crippen LogP contribution in [0.2, 0.25) is 10.0 Å². The summed E-state index contributed by atoms with van der Waals surface area (Å²) < 4.78 is 1.97. The molecule has 0 aliphatic carbocycles. The minimum atomic E-state index is -0.843. The minimum absolute atomic E-state index is 0.0101. The van der Waals surface area contributed by atoms with Crippen LogP contribution in [0.1, 0.15) is 5.56 Å². The lowest BCUT2D eigenvalue weighted by atomic mass is 10.0. The lowest BCUT2D eigenvalue weighted by molar-refractivity contribution is -0.136. The van der Waals surface area contributed by atoms with Gasteiger partial charge in [0.15, 0.2) is 0 Å². The van der Waals surface area contributed by atoms with Gasteiger partial charge in [0.25, 0.3) is 0 Å². The Morgan fingerprint density at radius 1 is 1.00 bits per heavy atom. The van der Waals surface area contributed by atoms with Crippen LogP contribution in [0, 0.1) is 0 Å².